The lowest BCUT2D eigenvalue weighted by molar-refractivity contribution is -0.115. The second-order valence-corrected chi connectivity index (χ2v) is 11.3. The Hall–Kier alpha value is -5.20. The number of carboxylic acids is 2. The Labute approximate surface area is 253 Å². The van der Waals surface area contributed by atoms with Gasteiger partial charge in [0.2, 0.25) is 5.91 Å². The number of hydrogen-bond donors (Lipinski definition) is 4. The molecule has 0 aliphatic carbocycles. The maximum atomic E-state index is 13.5. The molecular weight excluding hydrogens is 590 g/mol. The molecule has 4 N–H and O–H groups in total. The van der Waals surface area contributed by atoms with Crippen LogP contribution < -0.4 is 15.4 Å². The van der Waals surface area contributed by atoms with Gasteiger partial charge in [0.15, 0.2) is 5.13 Å². The summed E-state index contributed by atoms with van der Waals surface area (Å²) in [7, 11) is 1.59. The van der Waals surface area contributed by atoms with E-state index in [1.807, 2.05) is 48.5 Å². The number of rotatable bonds is 10. The summed E-state index contributed by atoms with van der Waals surface area (Å²) < 4.78 is 6.16. The summed E-state index contributed by atoms with van der Waals surface area (Å²) in [5.41, 5.74) is 1.08. The first-order valence-corrected chi connectivity index (χ1v) is 14.4. The summed E-state index contributed by atoms with van der Waals surface area (Å²) >= 11 is 2.66. The zero-order chi connectivity index (χ0) is 30.5. The maximum absolute atomic E-state index is 13.5. The van der Waals surface area contributed by atoms with Crippen LogP contribution in [0.5, 0.6) is 5.75 Å². The highest BCUT2D eigenvalue weighted by Crippen LogP contribution is 2.38. The summed E-state index contributed by atoms with van der Waals surface area (Å²) in [5, 5.41) is 24.0. The topological polar surface area (TPSA) is 155 Å². The third kappa shape index (κ3) is 6.83. The number of aromatic carboxylic acids is 2. The normalized spacial score (nSPS) is 11.5. The van der Waals surface area contributed by atoms with Gasteiger partial charge < -0.3 is 25.6 Å². The highest BCUT2D eigenvalue weighted by atomic mass is 32.2. The molecule has 5 aromatic rings. The minimum absolute atomic E-state index is 0.176. The lowest BCUT2D eigenvalue weighted by atomic mass is 10.0. The number of thiazole rings is 1. The molecule has 0 aliphatic heterocycles. The molecule has 2 amide bonds. The Balaban J connectivity index is 1.32. The summed E-state index contributed by atoms with van der Waals surface area (Å²) in [6.45, 7) is 0. The Morgan fingerprint density at radius 3 is 2.26 bits per heavy atom. The number of nitrogens with one attached hydrogen (secondary N) is 2. The molecule has 0 radical (unpaired) electrons. The fraction of sp³-hybridized carbons (Fsp3) is 0.0645. The standard InChI is InChI=1S/C31H23N3O7S2/c1-41-20-10-14-24-25(16-20)43-31(33-24)34-28(36)26(17-5-3-2-4-6-17)42-21-11-8-19(9-12-21)32-27(35)22-13-7-18(29(37)38)15-23(22)30(39)40/h2-16,26H,1H3,(H,32,35)(H,37,38)(H,39,40)(H,33,34,36). The van der Waals surface area contributed by atoms with E-state index in [0.717, 1.165) is 32.8 Å². The van der Waals surface area contributed by atoms with Crippen molar-refractivity contribution in [1.82, 2.24) is 4.98 Å². The molecule has 1 atom stereocenters. The van der Waals surface area contributed by atoms with Crippen molar-refractivity contribution >= 4 is 67.9 Å². The molecule has 4 aromatic carbocycles. The molecule has 43 heavy (non-hydrogen) atoms. The van der Waals surface area contributed by atoms with E-state index in [1.54, 1.807) is 31.4 Å². The summed E-state index contributed by atoms with van der Waals surface area (Å²) in [6, 6.07) is 24.8. The van der Waals surface area contributed by atoms with Gasteiger partial charge in [0, 0.05) is 10.6 Å². The number of carboxylic acid groups (broad SMARTS) is 2. The van der Waals surface area contributed by atoms with Crippen LogP contribution in [-0.2, 0) is 4.79 Å². The number of fused-ring (bicyclic) bond motifs is 1. The zero-order valence-electron chi connectivity index (χ0n) is 22.4. The minimum atomic E-state index is -1.42. The fourth-order valence-electron chi connectivity index (χ4n) is 4.16. The highest BCUT2D eigenvalue weighted by molar-refractivity contribution is 8.00. The third-order valence-corrected chi connectivity index (χ3v) is 8.47. The monoisotopic (exact) mass is 613 g/mol. The van der Waals surface area contributed by atoms with Gasteiger partial charge in [0.05, 0.1) is 34.0 Å². The summed E-state index contributed by atoms with van der Waals surface area (Å²) in [5.74, 6) is -2.98. The van der Waals surface area contributed by atoms with Gasteiger partial charge in [0.25, 0.3) is 5.91 Å². The number of aromatic nitrogens is 1. The Bertz CT molecular complexity index is 1840. The zero-order valence-corrected chi connectivity index (χ0v) is 24.1. The first-order valence-electron chi connectivity index (χ1n) is 12.7. The number of methoxy groups -OCH3 is 1. The number of hydrogen-bond acceptors (Lipinski definition) is 8. The van der Waals surface area contributed by atoms with Crippen LogP contribution >= 0.6 is 23.1 Å². The van der Waals surface area contributed by atoms with Crippen LogP contribution in [0.25, 0.3) is 10.2 Å². The number of carbonyl (C=O) groups excluding carboxylic acids is 2. The Morgan fingerprint density at radius 2 is 1.58 bits per heavy atom. The minimum Gasteiger partial charge on any atom is -0.497 e. The molecule has 216 valence electrons. The van der Waals surface area contributed by atoms with Crippen molar-refractivity contribution in [2.75, 3.05) is 17.7 Å². The molecule has 1 aromatic heterocycles. The van der Waals surface area contributed by atoms with E-state index >= 15 is 0 Å². The SMILES string of the molecule is COc1ccc2nc(NC(=O)C(Sc3ccc(NC(=O)c4ccc(C(=O)O)cc4C(=O)O)cc3)c3ccccc3)sc2c1. The van der Waals surface area contributed by atoms with Crippen LogP contribution in [0.1, 0.15) is 41.9 Å². The lowest BCUT2D eigenvalue weighted by Crippen LogP contribution is -2.19. The molecule has 0 spiro atoms. The van der Waals surface area contributed by atoms with E-state index in [2.05, 4.69) is 15.6 Å². The van der Waals surface area contributed by atoms with Crippen LogP contribution in [0.4, 0.5) is 10.8 Å². The summed E-state index contributed by atoms with van der Waals surface area (Å²) in [6.07, 6.45) is 0. The predicted octanol–water partition coefficient (Wildman–Crippen LogP) is 6.43. The van der Waals surface area contributed by atoms with Crippen molar-refractivity contribution in [3.63, 3.8) is 0 Å². The molecule has 1 heterocycles. The van der Waals surface area contributed by atoms with Gasteiger partial charge in [0.1, 0.15) is 11.0 Å². The number of carbonyl (C=O) groups is 4. The fourth-order valence-corrected chi connectivity index (χ4v) is 6.08. The number of anilines is 2. The van der Waals surface area contributed by atoms with Crippen molar-refractivity contribution in [2.45, 2.75) is 10.1 Å². The average molecular weight is 614 g/mol. The van der Waals surface area contributed by atoms with E-state index < -0.39 is 28.7 Å². The smallest absolute Gasteiger partial charge is 0.336 e. The first kappa shape index (κ1) is 29.3. The molecule has 0 saturated carbocycles. The van der Waals surface area contributed by atoms with Crippen LogP contribution in [0.3, 0.4) is 0 Å². The van der Waals surface area contributed by atoms with Crippen molar-refractivity contribution in [2.24, 2.45) is 0 Å². The van der Waals surface area contributed by atoms with E-state index in [4.69, 9.17) is 9.84 Å². The second kappa shape index (κ2) is 12.8. The maximum Gasteiger partial charge on any atom is 0.336 e. The Kier molecular flexibility index (Phi) is 8.69. The van der Waals surface area contributed by atoms with Crippen LogP contribution in [0, 0.1) is 0 Å². The molecule has 12 heteroatoms. The van der Waals surface area contributed by atoms with E-state index in [0.29, 0.717) is 16.6 Å². The number of amides is 2. The Morgan fingerprint density at radius 1 is 0.837 bits per heavy atom. The largest absolute Gasteiger partial charge is 0.497 e. The number of benzene rings is 4. The van der Waals surface area contributed by atoms with Gasteiger partial charge in [-0.2, -0.15) is 0 Å². The highest BCUT2D eigenvalue weighted by Gasteiger charge is 2.24. The van der Waals surface area contributed by atoms with Crippen LogP contribution in [-0.4, -0.2) is 46.1 Å². The van der Waals surface area contributed by atoms with Gasteiger partial charge in [-0.05, 0) is 66.2 Å². The quantitative estimate of drug-likeness (QED) is 0.131. The van der Waals surface area contributed by atoms with Gasteiger partial charge in [-0.15, -0.1) is 11.8 Å². The van der Waals surface area contributed by atoms with E-state index in [1.165, 1.54) is 29.2 Å². The van der Waals surface area contributed by atoms with Crippen LogP contribution in [0.2, 0.25) is 0 Å². The van der Waals surface area contributed by atoms with Crippen molar-refractivity contribution in [1.29, 1.82) is 0 Å². The predicted molar refractivity (Wildman–Crippen MR) is 165 cm³/mol. The van der Waals surface area contributed by atoms with Gasteiger partial charge in [-0.1, -0.05) is 41.7 Å². The molecule has 1 unspecified atom stereocenters. The lowest BCUT2D eigenvalue weighted by Gasteiger charge is -2.16. The third-order valence-electron chi connectivity index (χ3n) is 6.27. The van der Waals surface area contributed by atoms with Crippen LogP contribution in [0.15, 0.2) is 95.9 Å². The van der Waals surface area contributed by atoms with Gasteiger partial charge in [-0.25, -0.2) is 14.6 Å². The molecule has 5 rings (SSSR count). The molecule has 0 aliphatic rings. The number of ether oxygens (including phenoxy) is 1. The molecule has 0 saturated heterocycles. The van der Waals surface area contributed by atoms with Gasteiger partial charge in [-0.3, -0.25) is 9.59 Å². The number of nitrogens with zero attached hydrogens (tertiary/aromatic N) is 1. The molecular formula is C31H23N3O7S2. The average Bonchev–Trinajstić information content (AvgIpc) is 3.41. The van der Waals surface area contributed by atoms with Crippen molar-refractivity contribution in [3.8, 4) is 5.75 Å². The first-order chi connectivity index (χ1) is 20.7. The van der Waals surface area contributed by atoms with E-state index in [9.17, 15) is 24.3 Å². The molecule has 0 fully saturated rings. The second-order valence-electron chi connectivity index (χ2n) is 9.10. The van der Waals surface area contributed by atoms with Crippen molar-refractivity contribution in [3.05, 3.63) is 113 Å². The number of thioether (sulfide) groups is 1. The summed E-state index contributed by atoms with van der Waals surface area (Å²) in [4.78, 5) is 54.5. The van der Waals surface area contributed by atoms with Gasteiger partial charge >= 0.3 is 11.9 Å². The van der Waals surface area contributed by atoms with Crippen molar-refractivity contribution < 1.29 is 34.1 Å². The molecule has 10 nitrogen and oxygen atoms in total. The molecule has 0 bridgehead atoms. The van der Waals surface area contributed by atoms with E-state index in [-0.39, 0.29) is 17.0 Å².